The molecule has 4 nitrogen and oxygen atoms in total. The highest BCUT2D eigenvalue weighted by Crippen LogP contribution is 2.28. The third-order valence-electron chi connectivity index (χ3n) is 2.76. The van der Waals surface area contributed by atoms with E-state index in [9.17, 15) is 0 Å². The summed E-state index contributed by atoms with van der Waals surface area (Å²) in [6, 6.07) is 5.99. The van der Waals surface area contributed by atoms with Gasteiger partial charge in [-0.05, 0) is 33.4 Å². The van der Waals surface area contributed by atoms with Gasteiger partial charge in [0.05, 0.1) is 22.5 Å². The van der Waals surface area contributed by atoms with Crippen molar-refractivity contribution in [1.82, 2.24) is 15.2 Å². The van der Waals surface area contributed by atoms with E-state index in [1.165, 1.54) is 0 Å². The quantitative estimate of drug-likeness (QED) is 0.663. The molecule has 20 heavy (non-hydrogen) atoms. The van der Waals surface area contributed by atoms with Gasteiger partial charge >= 0.3 is 0 Å². The van der Waals surface area contributed by atoms with Gasteiger partial charge in [-0.2, -0.15) is 5.10 Å². The van der Waals surface area contributed by atoms with Gasteiger partial charge in [0.25, 0.3) is 0 Å². The highest BCUT2D eigenvalue weighted by molar-refractivity contribution is 9.10. The van der Waals surface area contributed by atoms with Crippen molar-refractivity contribution in [1.29, 1.82) is 0 Å². The summed E-state index contributed by atoms with van der Waals surface area (Å²) in [5.74, 6) is 0. The van der Waals surface area contributed by atoms with E-state index < -0.39 is 0 Å². The van der Waals surface area contributed by atoms with Crippen LogP contribution < -0.4 is 5.32 Å². The summed E-state index contributed by atoms with van der Waals surface area (Å²) in [4.78, 5) is 5.25. The van der Waals surface area contributed by atoms with Gasteiger partial charge < -0.3 is 5.32 Å². The second-order valence-corrected chi connectivity index (χ2v) is 6.31. The summed E-state index contributed by atoms with van der Waals surface area (Å²) in [6.07, 6.45) is 3.49. The molecule has 0 amide bonds. The van der Waals surface area contributed by atoms with E-state index >= 15 is 0 Å². The Morgan fingerprint density at radius 2 is 2.30 bits per heavy atom. The van der Waals surface area contributed by atoms with Gasteiger partial charge in [-0.1, -0.05) is 17.7 Å². The van der Waals surface area contributed by atoms with Gasteiger partial charge in [0.1, 0.15) is 0 Å². The molecule has 0 aliphatic rings. The van der Waals surface area contributed by atoms with Crippen LogP contribution in [0.25, 0.3) is 10.6 Å². The zero-order valence-electron chi connectivity index (χ0n) is 10.2. The Morgan fingerprint density at radius 1 is 1.40 bits per heavy atom. The van der Waals surface area contributed by atoms with Crippen molar-refractivity contribution in [2.75, 3.05) is 5.32 Å². The predicted octanol–water partition coefficient (Wildman–Crippen LogP) is 4.56. The van der Waals surface area contributed by atoms with E-state index in [4.69, 9.17) is 11.6 Å². The lowest BCUT2D eigenvalue weighted by atomic mass is 10.2. The van der Waals surface area contributed by atoms with Crippen molar-refractivity contribution in [3.8, 4) is 10.6 Å². The highest BCUT2D eigenvalue weighted by Gasteiger charge is 2.09. The Bertz CT molecular complexity index is 711. The van der Waals surface area contributed by atoms with Crippen LogP contribution in [0.1, 0.15) is 5.56 Å². The molecule has 0 saturated carbocycles. The number of thiophene rings is 1. The minimum atomic E-state index is 0.453. The van der Waals surface area contributed by atoms with E-state index in [0.29, 0.717) is 11.7 Å². The predicted molar refractivity (Wildman–Crippen MR) is 86.2 cm³/mol. The molecule has 3 rings (SSSR count). The number of aromatic amines is 1. The molecule has 0 radical (unpaired) electrons. The number of hydrogen-bond donors (Lipinski definition) is 2. The first kappa shape index (κ1) is 13.6. The van der Waals surface area contributed by atoms with Crippen molar-refractivity contribution in [2.45, 2.75) is 6.54 Å². The maximum Gasteiger partial charge on any atom is 0.152 e. The highest BCUT2D eigenvalue weighted by atomic mass is 79.9. The average Bonchev–Trinajstić information content (AvgIpc) is 3.09. The maximum absolute atomic E-state index is 6.06. The zero-order valence-corrected chi connectivity index (χ0v) is 13.4. The molecule has 0 spiro atoms. The summed E-state index contributed by atoms with van der Waals surface area (Å²) in [5.41, 5.74) is 2.91. The van der Waals surface area contributed by atoms with E-state index in [-0.39, 0.29) is 0 Å². The Labute approximate surface area is 133 Å². The van der Waals surface area contributed by atoms with Gasteiger partial charge in [-0.3, -0.25) is 5.10 Å². The molecule has 0 aliphatic heterocycles. The molecule has 3 aromatic heterocycles. The van der Waals surface area contributed by atoms with Crippen LogP contribution in [-0.4, -0.2) is 15.2 Å². The summed E-state index contributed by atoms with van der Waals surface area (Å²) in [7, 11) is 0. The van der Waals surface area contributed by atoms with Crippen LogP contribution in [0.3, 0.4) is 0 Å². The fourth-order valence-corrected chi connectivity index (χ4v) is 3.07. The largest absolute Gasteiger partial charge is 0.378 e. The molecule has 2 N–H and O–H groups in total. The average molecular weight is 370 g/mol. The molecule has 0 aliphatic carbocycles. The molecular weight excluding hydrogens is 360 g/mol. The van der Waals surface area contributed by atoms with Gasteiger partial charge in [0.15, 0.2) is 5.15 Å². The molecule has 7 heteroatoms. The molecule has 0 fully saturated rings. The standard InChI is InChI=1S/C13H10BrClN4S/c14-9-4-10(13(15)17-7-9)16-5-8-6-18-19-12(8)11-2-1-3-20-11/h1-4,6-7,16H,5H2,(H,18,19). The number of nitrogens with zero attached hydrogens (tertiary/aromatic N) is 2. The molecule has 0 saturated heterocycles. The van der Waals surface area contributed by atoms with Crippen molar-refractivity contribution in [3.63, 3.8) is 0 Å². The van der Waals surface area contributed by atoms with E-state index in [0.717, 1.165) is 26.3 Å². The van der Waals surface area contributed by atoms with Crippen LogP contribution >= 0.6 is 38.9 Å². The summed E-state index contributed by atoms with van der Waals surface area (Å²) in [5, 5.41) is 12.9. The van der Waals surface area contributed by atoms with Crippen LogP contribution in [0.4, 0.5) is 5.69 Å². The number of pyridine rings is 1. The number of rotatable bonds is 4. The van der Waals surface area contributed by atoms with E-state index in [1.54, 1.807) is 17.5 Å². The topological polar surface area (TPSA) is 53.6 Å². The lowest BCUT2D eigenvalue weighted by Gasteiger charge is -2.08. The fourth-order valence-electron chi connectivity index (χ4n) is 1.82. The second-order valence-electron chi connectivity index (χ2n) is 4.09. The van der Waals surface area contributed by atoms with Crippen molar-refractivity contribution in [3.05, 3.63) is 51.2 Å². The Morgan fingerprint density at radius 3 is 3.10 bits per heavy atom. The third-order valence-corrected chi connectivity index (χ3v) is 4.38. The Hall–Kier alpha value is -1.37. The monoisotopic (exact) mass is 368 g/mol. The Kier molecular flexibility index (Phi) is 4.05. The van der Waals surface area contributed by atoms with Crippen LogP contribution in [0.15, 0.2) is 40.4 Å². The smallest absolute Gasteiger partial charge is 0.152 e. The van der Waals surface area contributed by atoms with Crippen LogP contribution in [0.5, 0.6) is 0 Å². The van der Waals surface area contributed by atoms with Crippen molar-refractivity contribution >= 4 is 44.6 Å². The molecular formula is C13H10BrClN4S. The van der Waals surface area contributed by atoms with Crippen LogP contribution in [0, 0.1) is 0 Å². The SMILES string of the molecule is Clc1ncc(Br)cc1NCc1cn[nH]c1-c1cccs1. The lowest BCUT2D eigenvalue weighted by Crippen LogP contribution is -2.01. The molecule has 3 heterocycles. The zero-order chi connectivity index (χ0) is 13.9. The van der Waals surface area contributed by atoms with E-state index in [1.807, 2.05) is 23.7 Å². The van der Waals surface area contributed by atoms with Crippen molar-refractivity contribution in [2.24, 2.45) is 0 Å². The van der Waals surface area contributed by atoms with Crippen molar-refractivity contribution < 1.29 is 0 Å². The summed E-state index contributed by atoms with van der Waals surface area (Å²) in [6.45, 7) is 0.627. The summed E-state index contributed by atoms with van der Waals surface area (Å²) < 4.78 is 0.884. The van der Waals surface area contributed by atoms with Gasteiger partial charge in [-0.15, -0.1) is 11.3 Å². The molecule has 0 aromatic carbocycles. The Balaban J connectivity index is 1.79. The minimum Gasteiger partial charge on any atom is -0.378 e. The van der Waals surface area contributed by atoms with Crippen LogP contribution in [0.2, 0.25) is 5.15 Å². The van der Waals surface area contributed by atoms with E-state index in [2.05, 4.69) is 42.5 Å². The molecule has 0 bridgehead atoms. The number of halogens is 2. The number of nitrogens with one attached hydrogen (secondary N) is 2. The first-order valence-corrected chi connectivity index (χ1v) is 7.90. The lowest BCUT2D eigenvalue weighted by molar-refractivity contribution is 1.10. The number of hydrogen-bond acceptors (Lipinski definition) is 4. The first-order valence-electron chi connectivity index (χ1n) is 5.85. The molecule has 0 unspecified atom stereocenters. The minimum absolute atomic E-state index is 0.453. The molecule has 102 valence electrons. The van der Waals surface area contributed by atoms with Gasteiger partial charge in [0.2, 0.25) is 0 Å². The van der Waals surface area contributed by atoms with Gasteiger partial charge in [0, 0.05) is 22.8 Å². The number of aromatic nitrogens is 3. The van der Waals surface area contributed by atoms with Crippen LogP contribution in [-0.2, 0) is 6.54 Å². The fraction of sp³-hybridized carbons (Fsp3) is 0.0769. The molecule has 0 atom stereocenters. The third kappa shape index (κ3) is 2.87. The number of H-pyrrole nitrogens is 1. The van der Waals surface area contributed by atoms with Gasteiger partial charge in [-0.25, -0.2) is 4.98 Å². The maximum atomic E-state index is 6.06. The molecule has 3 aromatic rings. The summed E-state index contributed by atoms with van der Waals surface area (Å²) >= 11 is 11.1. The normalized spacial score (nSPS) is 10.7. The second kappa shape index (κ2) is 5.95. The number of anilines is 1. The first-order chi connectivity index (χ1) is 9.74.